The Labute approximate surface area is 159 Å². The first-order valence-corrected chi connectivity index (χ1v) is 9.75. The molecule has 140 valence electrons. The van der Waals surface area contributed by atoms with Crippen molar-refractivity contribution in [1.29, 1.82) is 0 Å². The Kier molecular flexibility index (Phi) is 4.85. The molecular formula is C18H20N6O2S. The van der Waals surface area contributed by atoms with E-state index >= 15 is 0 Å². The van der Waals surface area contributed by atoms with Gasteiger partial charge in [-0.1, -0.05) is 24.3 Å². The Bertz CT molecular complexity index is 1020. The van der Waals surface area contributed by atoms with Crippen molar-refractivity contribution in [2.24, 2.45) is 5.92 Å². The van der Waals surface area contributed by atoms with Gasteiger partial charge in [0, 0.05) is 25.5 Å². The number of fused-ring (bicyclic) bond motifs is 1. The summed E-state index contributed by atoms with van der Waals surface area (Å²) in [5, 5.41) is 7.91. The summed E-state index contributed by atoms with van der Waals surface area (Å²) >= 11 is 1.38. The number of hydrogen-bond acceptors (Lipinski definition) is 7. The molecule has 1 saturated heterocycles. The molecule has 1 amide bonds. The van der Waals surface area contributed by atoms with E-state index in [4.69, 9.17) is 0 Å². The molecular weight excluding hydrogens is 364 g/mol. The molecule has 1 atom stereocenters. The van der Waals surface area contributed by atoms with Gasteiger partial charge in [-0.05, 0) is 30.9 Å². The lowest BCUT2D eigenvalue weighted by atomic mass is 10.0. The zero-order valence-corrected chi connectivity index (χ0v) is 15.8. The Hall–Kier alpha value is -2.81. The van der Waals surface area contributed by atoms with Crippen LogP contribution in [0, 0.1) is 5.92 Å². The zero-order chi connectivity index (χ0) is 18.8. The number of rotatable bonds is 4. The lowest BCUT2D eigenvalue weighted by molar-refractivity contribution is 0.0948. The van der Waals surface area contributed by atoms with Gasteiger partial charge in [-0.25, -0.2) is 4.98 Å². The second kappa shape index (κ2) is 7.43. The largest absolute Gasteiger partial charge is 0.346 e. The van der Waals surface area contributed by atoms with Crippen molar-refractivity contribution in [2.45, 2.75) is 26.3 Å². The van der Waals surface area contributed by atoms with E-state index in [1.165, 1.54) is 28.5 Å². The average molecular weight is 384 g/mol. The van der Waals surface area contributed by atoms with Gasteiger partial charge >= 0.3 is 0 Å². The van der Waals surface area contributed by atoms with Gasteiger partial charge in [0.2, 0.25) is 10.1 Å². The van der Waals surface area contributed by atoms with Gasteiger partial charge < -0.3 is 10.2 Å². The van der Waals surface area contributed by atoms with Crippen molar-refractivity contribution in [1.82, 2.24) is 24.9 Å². The lowest BCUT2D eigenvalue weighted by Crippen LogP contribution is -2.34. The van der Waals surface area contributed by atoms with E-state index in [1.54, 1.807) is 18.3 Å². The summed E-state index contributed by atoms with van der Waals surface area (Å²) in [6.07, 6.45) is 5.30. The molecule has 1 unspecified atom stereocenters. The van der Waals surface area contributed by atoms with E-state index in [0.29, 0.717) is 10.9 Å². The van der Waals surface area contributed by atoms with Crippen LogP contribution in [0.3, 0.4) is 0 Å². The third kappa shape index (κ3) is 3.68. The van der Waals surface area contributed by atoms with Gasteiger partial charge in [-0.3, -0.25) is 14.6 Å². The van der Waals surface area contributed by atoms with E-state index in [2.05, 4.69) is 32.2 Å². The van der Waals surface area contributed by atoms with E-state index < -0.39 is 11.5 Å². The van der Waals surface area contributed by atoms with Crippen molar-refractivity contribution in [3.63, 3.8) is 0 Å². The van der Waals surface area contributed by atoms with E-state index in [9.17, 15) is 9.59 Å². The molecule has 0 spiro atoms. The maximum atomic E-state index is 12.7. The van der Waals surface area contributed by atoms with Crippen LogP contribution < -0.4 is 15.8 Å². The lowest BCUT2D eigenvalue weighted by Gasteiger charge is -2.30. The molecule has 0 saturated carbocycles. The molecule has 0 radical (unpaired) electrons. The molecule has 27 heavy (non-hydrogen) atoms. The van der Waals surface area contributed by atoms with Crippen LogP contribution in [-0.4, -0.2) is 38.6 Å². The van der Waals surface area contributed by atoms with Crippen LogP contribution in [-0.2, 0) is 6.54 Å². The molecule has 1 N–H and O–H groups in total. The van der Waals surface area contributed by atoms with E-state index in [1.807, 2.05) is 6.07 Å². The highest BCUT2D eigenvalue weighted by atomic mass is 32.1. The topological polar surface area (TPSA) is 92.5 Å². The summed E-state index contributed by atoms with van der Waals surface area (Å²) in [5.41, 5.74) is 0.244. The zero-order valence-electron chi connectivity index (χ0n) is 15.0. The van der Waals surface area contributed by atoms with Crippen LogP contribution >= 0.6 is 11.3 Å². The molecule has 1 fully saturated rings. The molecule has 3 aromatic heterocycles. The van der Waals surface area contributed by atoms with Crippen LogP contribution in [0.1, 0.15) is 35.8 Å². The van der Waals surface area contributed by atoms with Gasteiger partial charge in [0.15, 0.2) is 0 Å². The quantitative estimate of drug-likeness (QED) is 0.736. The maximum Gasteiger partial charge on any atom is 0.288 e. The summed E-state index contributed by atoms with van der Waals surface area (Å²) in [6, 6.07) is 5.45. The molecule has 1 aliphatic rings. The SMILES string of the molecule is CC1CCCN(c2nn3c(=O)c(C(=O)NCc4ccccn4)cnc3s2)C1. The van der Waals surface area contributed by atoms with Crippen molar-refractivity contribution in [3.8, 4) is 0 Å². The number of aromatic nitrogens is 4. The van der Waals surface area contributed by atoms with Gasteiger partial charge in [-0.2, -0.15) is 4.52 Å². The third-order valence-electron chi connectivity index (χ3n) is 4.60. The summed E-state index contributed by atoms with van der Waals surface area (Å²) < 4.78 is 1.23. The second-order valence-corrected chi connectivity index (χ2v) is 7.69. The van der Waals surface area contributed by atoms with Gasteiger partial charge in [0.25, 0.3) is 11.5 Å². The van der Waals surface area contributed by atoms with Crippen LogP contribution in [0.15, 0.2) is 35.4 Å². The molecule has 0 aliphatic carbocycles. The molecule has 4 rings (SSSR count). The molecule has 0 bridgehead atoms. The van der Waals surface area contributed by atoms with Gasteiger partial charge in [0.05, 0.1) is 12.2 Å². The first kappa shape index (κ1) is 17.6. The van der Waals surface area contributed by atoms with Gasteiger partial charge in [0.1, 0.15) is 5.56 Å². The number of anilines is 1. The standard InChI is InChI=1S/C18H20N6O2S/c1-12-5-4-8-23(11-12)18-22-24-16(26)14(10-21-17(24)27-18)15(25)20-9-13-6-2-3-7-19-13/h2-3,6-7,10,12H,4-5,8-9,11H2,1H3,(H,20,25). The normalized spacial score (nSPS) is 17.2. The fraction of sp³-hybridized carbons (Fsp3) is 0.389. The van der Waals surface area contributed by atoms with Crippen LogP contribution in [0.2, 0.25) is 0 Å². The second-order valence-electron chi connectivity index (χ2n) is 6.75. The minimum absolute atomic E-state index is 0.0210. The highest BCUT2D eigenvalue weighted by Gasteiger charge is 2.22. The number of hydrogen-bond donors (Lipinski definition) is 1. The maximum absolute atomic E-state index is 12.7. The highest BCUT2D eigenvalue weighted by Crippen LogP contribution is 2.26. The highest BCUT2D eigenvalue weighted by molar-refractivity contribution is 7.20. The van der Waals surface area contributed by atoms with Crippen molar-refractivity contribution >= 4 is 27.3 Å². The fourth-order valence-corrected chi connectivity index (χ4v) is 4.09. The first-order chi connectivity index (χ1) is 13.1. The Balaban J connectivity index is 1.56. The van der Waals surface area contributed by atoms with Crippen LogP contribution in [0.5, 0.6) is 0 Å². The summed E-state index contributed by atoms with van der Waals surface area (Å²) in [6.45, 7) is 4.31. The number of amides is 1. The van der Waals surface area contributed by atoms with E-state index in [0.717, 1.165) is 30.3 Å². The number of nitrogens with one attached hydrogen (secondary N) is 1. The van der Waals surface area contributed by atoms with Crippen LogP contribution in [0.25, 0.3) is 4.96 Å². The molecule has 0 aromatic carbocycles. The smallest absolute Gasteiger partial charge is 0.288 e. The van der Waals surface area contributed by atoms with Crippen LogP contribution in [0.4, 0.5) is 5.13 Å². The fourth-order valence-electron chi connectivity index (χ4n) is 3.19. The summed E-state index contributed by atoms with van der Waals surface area (Å²) in [7, 11) is 0. The van der Waals surface area contributed by atoms with Crippen molar-refractivity contribution < 1.29 is 4.79 Å². The Morgan fingerprint density at radius 1 is 1.37 bits per heavy atom. The first-order valence-electron chi connectivity index (χ1n) is 8.94. The number of piperidine rings is 1. The van der Waals surface area contributed by atoms with Crippen molar-refractivity contribution in [3.05, 3.63) is 52.2 Å². The summed E-state index contributed by atoms with van der Waals surface area (Å²) in [5.74, 6) is 0.122. The Morgan fingerprint density at radius 2 is 2.26 bits per heavy atom. The van der Waals surface area contributed by atoms with Crippen molar-refractivity contribution in [2.75, 3.05) is 18.0 Å². The minimum atomic E-state index is -0.478. The molecule has 9 heteroatoms. The number of nitrogens with zero attached hydrogens (tertiary/aromatic N) is 5. The Morgan fingerprint density at radius 3 is 3.04 bits per heavy atom. The number of carbonyl (C=O) groups excluding carboxylic acids is 1. The molecule has 8 nitrogen and oxygen atoms in total. The van der Waals surface area contributed by atoms with E-state index in [-0.39, 0.29) is 12.1 Å². The minimum Gasteiger partial charge on any atom is -0.346 e. The molecule has 4 heterocycles. The third-order valence-corrected chi connectivity index (χ3v) is 5.59. The molecule has 1 aliphatic heterocycles. The summed E-state index contributed by atoms with van der Waals surface area (Å²) in [4.78, 5) is 36.2. The predicted octanol–water partition coefficient (Wildman–Crippen LogP) is 1.71. The monoisotopic (exact) mass is 384 g/mol. The number of pyridine rings is 1. The predicted molar refractivity (Wildman–Crippen MR) is 103 cm³/mol. The van der Waals surface area contributed by atoms with Gasteiger partial charge in [-0.15, -0.1) is 5.10 Å². The average Bonchev–Trinajstić information content (AvgIpc) is 3.13. The molecule has 3 aromatic rings. The number of carbonyl (C=O) groups is 1.